The smallest absolute Gasteiger partial charge is 0.243 e. The maximum Gasteiger partial charge on any atom is 0.243 e. The number of amides is 2. The van der Waals surface area contributed by atoms with E-state index in [0.29, 0.717) is 30.6 Å². The Bertz CT molecular complexity index is 1060. The van der Waals surface area contributed by atoms with Gasteiger partial charge in [0.05, 0.1) is 11.4 Å². The predicted octanol–water partition coefficient (Wildman–Crippen LogP) is 2.84. The molecule has 0 bridgehead atoms. The Morgan fingerprint density at radius 2 is 1.86 bits per heavy atom. The molecule has 8 heteroatoms. The fraction of sp³-hybridized carbons (Fsp3) is 0.333. The Labute approximate surface area is 171 Å². The Balaban J connectivity index is 1.73. The Morgan fingerprint density at radius 3 is 2.59 bits per heavy atom. The van der Waals surface area contributed by atoms with Crippen LogP contribution in [0.15, 0.2) is 41.3 Å². The van der Waals surface area contributed by atoms with E-state index in [1.165, 1.54) is 13.1 Å². The van der Waals surface area contributed by atoms with E-state index >= 15 is 0 Å². The lowest BCUT2D eigenvalue weighted by Crippen LogP contribution is -2.35. The highest BCUT2D eigenvalue weighted by Crippen LogP contribution is 2.26. The van der Waals surface area contributed by atoms with E-state index in [4.69, 9.17) is 0 Å². The normalized spacial score (nSPS) is 14.1. The number of nitrogens with one attached hydrogen (secondary N) is 2. The van der Waals surface area contributed by atoms with E-state index in [1.54, 1.807) is 18.2 Å². The summed E-state index contributed by atoms with van der Waals surface area (Å²) < 4.78 is 26.9. The molecule has 3 rings (SSSR count). The molecule has 0 fully saturated rings. The summed E-state index contributed by atoms with van der Waals surface area (Å²) >= 11 is 0. The minimum absolute atomic E-state index is 0.0699. The zero-order valence-electron chi connectivity index (χ0n) is 16.8. The first kappa shape index (κ1) is 21.0. The number of anilines is 2. The summed E-state index contributed by atoms with van der Waals surface area (Å²) in [7, 11) is -2.46. The monoisotopic (exact) mass is 415 g/mol. The van der Waals surface area contributed by atoms with Gasteiger partial charge in [0, 0.05) is 24.8 Å². The molecule has 1 aliphatic heterocycles. The first-order valence-corrected chi connectivity index (χ1v) is 10.9. The topological polar surface area (TPSA) is 95.6 Å². The van der Waals surface area contributed by atoms with Crippen LogP contribution in [0.5, 0.6) is 0 Å². The number of hydrogen-bond acceptors (Lipinski definition) is 4. The van der Waals surface area contributed by atoms with Crippen molar-refractivity contribution < 1.29 is 18.0 Å². The Morgan fingerprint density at radius 1 is 1.10 bits per heavy atom. The van der Waals surface area contributed by atoms with Crippen LogP contribution in [0.2, 0.25) is 0 Å². The first-order valence-electron chi connectivity index (χ1n) is 9.43. The van der Waals surface area contributed by atoms with Crippen LogP contribution in [-0.2, 0) is 26.0 Å². The summed E-state index contributed by atoms with van der Waals surface area (Å²) in [5.74, 6) is -0.485. The summed E-state index contributed by atoms with van der Waals surface area (Å²) in [5.41, 5.74) is 4.21. The summed E-state index contributed by atoms with van der Waals surface area (Å²) in [6.07, 6.45) is 1.69. The number of nitrogens with zero attached hydrogens (tertiary/aromatic N) is 1. The summed E-state index contributed by atoms with van der Waals surface area (Å²) in [6.45, 7) is 3.62. The molecule has 1 aliphatic rings. The predicted molar refractivity (Wildman–Crippen MR) is 112 cm³/mol. The Kier molecular flexibility index (Phi) is 6.04. The van der Waals surface area contributed by atoms with Gasteiger partial charge in [0.25, 0.3) is 0 Å². The number of hydrogen-bond donors (Lipinski definition) is 2. The number of fused-ring (bicyclic) bond motifs is 1. The number of benzene rings is 2. The number of likely N-dealkylation sites (N-methyl/N-ethyl adjacent to an activating group) is 1. The van der Waals surface area contributed by atoms with Gasteiger partial charge < -0.3 is 10.6 Å². The van der Waals surface area contributed by atoms with Crippen molar-refractivity contribution in [2.45, 2.75) is 38.0 Å². The molecule has 2 aromatic carbocycles. The van der Waals surface area contributed by atoms with Crippen molar-refractivity contribution >= 4 is 33.2 Å². The molecule has 0 saturated carbocycles. The van der Waals surface area contributed by atoms with E-state index in [-0.39, 0.29) is 17.3 Å². The van der Waals surface area contributed by atoms with Crippen LogP contribution in [0.4, 0.5) is 11.4 Å². The van der Waals surface area contributed by atoms with Crippen LogP contribution < -0.4 is 10.6 Å². The zero-order valence-corrected chi connectivity index (χ0v) is 17.6. The second-order valence-electron chi connectivity index (χ2n) is 7.33. The van der Waals surface area contributed by atoms with Gasteiger partial charge >= 0.3 is 0 Å². The molecular formula is C21H25N3O4S. The molecule has 0 aromatic heterocycles. The first-order chi connectivity index (χ1) is 13.7. The molecule has 0 aliphatic carbocycles. The second kappa shape index (κ2) is 8.34. The highest BCUT2D eigenvalue weighted by molar-refractivity contribution is 7.89. The van der Waals surface area contributed by atoms with Gasteiger partial charge in [-0.3, -0.25) is 9.59 Å². The second-order valence-corrected chi connectivity index (χ2v) is 9.37. The molecule has 0 unspecified atom stereocenters. The van der Waals surface area contributed by atoms with Crippen LogP contribution >= 0.6 is 0 Å². The van der Waals surface area contributed by atoms with Crippen molar-refractivity contribution in [1.29, 1.82) is 0 Å². The van der Waals surface area contributed by atoms with Gasteiger partial charge in [-0.1, -0.05) is 6.07 Å². The summed E-state index contributed by atoms with van der Waals surface area (Å²) in [6, 6.07) is 10.2. The van der Waals surface area contributed by atoms with Crippen molar-refractivity contribution in [3.8, 4) is 0 Å². The molecule has 154 valence electrons. The van der Waals surface area contributed by atoms with Crippen LogP contribution in [0.25, 0.3) is 0 Å². The van der Waals surface area contributed by atoms with Crippen molar-refractivity contribution in [2.24, 2.45) is 0 Å². The van der Waals surface area contributed by atoms with E-state index in [0.717, 1.165) is 21.0 Å². The molecule has 2 N–H and O–H groups in total. The van der Waals surface area contributed by atoms with Crippen molar-refractivity contribution in [3.05, 3.63) is 53.1 Å². The third-order valence-electron chi connectivity index (χ3n) is 5.07. The highest BCUT2D eigenvalue weighted by atomic mass is 32.2. The quantitative estimate of drug-likeness (QED) is 0.785. The fourth-order valence-corrected chi connectivity index (χ4v) is 4.38. The standard InChI is InChI=1S/C21H25N3O4S/c1-14-7-8-17(11-15(14)2)22-21(26)13-24(3)29(27,28)18-9-10-19-16(12-18)5-4-6-20(25)23-19/h7-12H,4-6,13H2,1-3H3,(H,22,26)(H,23,25). The molecule has 0 saturated heterocycles. The van der Waals surface area contributed by atoms with Crippen LogP contribution in [0.1, 0.15) is 29.5 Å². The van der Waals surface area contributed by atoms with Gasteiger partial charge in [0.15, 0.2) is 0 Å². The molecule has 0 atom stereocenters. The van der Waals surface area contributed by atoms with Gasteiger partial charge in [-0.25, -0.2) is 8.42 Å². The van der Waals surface area contributed by atoms with E-state index in [2.05, 4.69) is 10.6 Å². The molecule has 1 heterocycles. The highest BCUT2D eigenvalue weighted by Gasteiger charge is 2.25. The van der Waals surface area contributed by atoms with E-state index in [9.17, 15) is 18.0 Å². The number of carbonyl (C=O) groups is 2. The minimum atomic E-state index is -3.84. The molecular weight excluding hydrogens is 390 g/mol. The van der Waals surface area contributed by atoms with Gasteiger partial charge in [-0.2, -0.15) is 4.31 Å². The van der Waals surface area contributed by atoms with Gasteiger partial charge in [-0.15, -0.1) is 0 Å². The number of sulfonamides is 1. The molecule has 2 aromatic rings. The molecule has 7 nitrogen and oxygen atoms in total. The molecule has 29 heavy (non-hydrogen) atoms. The summed E-state index contributed by atoms with van der Waals surface area (Å²) in [5, 5.41) is 5.52. The lowest BCUT2D eigenvalue weighted by atomic mass is 10.1. The molecule has 0 radical (unpaired) electrons. The lowest BCUT2D eigenvalue weighted by Gasteiger charge is -2.18. The molecule has 0 spiro atoms. The third kappa shape index (κ3) is 4.83. The third-order valence-corrected chi connectivity index (χ3v) is 6.87. The van der Waals surface area contributed by atoms with Crippen molar-refractivity contribution in [3.63, 3.8) is 0 Å². The van der Waals surface area contributed by atoms with Crippen LogP contribution in [-0.4, -0.2) is 38.1 Å². The van der Waals surface area contributed by atoms with Crippen LogP contribution in [0.3, 0.4) is 0 Å². The zero-order chi connectivity index (χ0) is 21.2. The number of rotatable bonds is 5. The van der Waals surface area contributed by atoms with Crippen molar-refractivity contribution in [2.75, 3.05) is 24.2 Å². The average molecular weight is 416 g/mol. The summed E-state index contributed by atoms with van der Waals surface area (Å²) in [4.78, 5) is 24.1. The van der Waals surface area contributed by atoms with Crippen LogP contribution in [0, 0.1) is 13.8 Å². The van der Waals surface area contributed by atoms with E-state index < -0.39 is 15.9 Å². The lowest BCUT2D eigenvalue weighted by molar-refractivity contribution is -0.117. The van der Waals surface area contributed by atoms with E-state index in [1.807, 2.05) is 26.0 Å². The van der Waals surface area contributed by atoms with Gasteiger partial charge in [-0.05, 0) is 73.7 Å². The molecule has 2 amide bonds. The maximum absolute atomic E-state index is 12.9. The minimum Gasteiger partial charge on any atom is -0.326 e. The van der Waals surface area contributed by atoms with Crippen molar-refractivity contribution in [1.82, 2.24) is 4.31 Å². The van der Waals surface area contributed by atoms with Gasteiger partial charge in [0.2, 0.25) is 21.8 Å². The number of aryl methyl sites for hydroxylation is 3. The average Bonchev–Trinajstić information content (AvgIpc) is 2.84. The Hall–Kier alpha value is -2.71. The largest absolute Gasteiger partial charge is 0.326 e. The van der Waals surface area contributed by atoms with Gasteiger partial charge in [0.1, 0.15) is 0 Å². The SMILES string of the molecule is Cc1ccc(NC(=O)CN(C)S(=O)(=O)c2ccc3c(c2)CCCC(=O)N3)cc1C. The number of carbonyl (C=O) groups excluding carboxylic acids is 2. The fourth-order valence-electron chi connectivity index (χ4n) is 3.20. The maximum atomic E-state index is 12.9.